The summed E-state index contributed by atoms with van der Waals surface area (Å²) in [6.07, 6.45) is -1.85. The van der Waals surface area contributed by atoms with Crippen molar-refractivity contribution in [3.05, 3.63) is 93.9 Å². The third kappa shape index (κ3) is 5.61. The van der Waals surface area contributed by atoms with Gasteiger partial charge in [0.2, 0.25) is 0 Å². The molecule has 0 radical (unpaired) electrons. The number of hydrogen-bond donors (Lipinski definition) is 2. The maximum absolute atomic E-state index is 13.0. The van der Waals surface area contributed by atoms with E-state index >= 15 is 0 Å². The monoisotopic (exact) mass is 536 g/mol. The van der Waals surface area contributed by atoms with Crippen LogP contribution in [0.25, 0.3) is 16.7 Å². The Kier molecular flexibility index (Phi) is 6.56. The summed E-state index contributed by atoms with van der Waals surface area (Å²) in [6, 6.07) is 13.9. The predicted molar refractivity (Wildman–Crippen MR) is 134 cm³/mol. The van der Waals surface area contributed by atoms with Gasteiger partial charge in [0.25, 0.3) is 11.8 Å². The molecule has 0 atom stereocenters. The Labute approximate surface area is 219 Å². The average molecular weight is 536 g/mol. The molecule has 0 unspecified atom stereocenters. The van der Waals surface area contributed by atoms with E-state index in [0.29, 0.717) is 29.2 Å². The second kappa shape index (κ2) is 10.0. The molecule has 2 aromatic carbocycles. The first-order valence-electron chi connectivity index (χ1n) is 11.7. The van der Waals surface area contributed by atoms with E-state index in [9.17, 15) is 23.2 Å². The van der Waals surface area contributed by atoms with E-state index < -0.39 is 23.7 Å². The number of amides is 2. The van der Waals surface area contributed by atoms with Crippen LogP contribution in [0.5, 0.6) is 5.75 Å². The first-order chi connectivity index (χ1) is 18.6. The van der Waals surface area contributed by atoms with Crippen LogP contribution in [-0.2, 0) is 20.1 Å². The number of halogens is 2. The fraction of sp³-hybridized carbons (Fsp3) is 0.192. The summed E-state index contributed by atoms with van der Waals surface area (Å²) in [7, 11) is 1.59. The summed E-state index contributed by atoms with van der Waals surface area (Å²) in [4.78, 5) is 41.9. The summed E-state index contributed by atoms with van der Waals surface area (Å²) in [6.45, 7) is 0.878. The van der Waals surface area contributed by atoms with Gasteiger partial charge in [0, 0.05) is 39.2 Å². The highest BCUT2D eigenvalue weighted by atomic mass is 19.3. The van der Waals surface area contributed by atoms with Crippen LogP contribution in [0.2, 0.25) is 0 Å². The second-order valence-corrected chi connectivity index (χ2v) is 8.78. The van der Waals surface area contributed by atoms with Crippen molar-refractivity contribution in [2.45, 2.75) is 26.1 Å². The van der Waals surface area contributed by atoms with Gasteiger partial charge in [-0.15, -0.1) is 0 Å². The zero-order chi connectivity index (χ0) is 27.7. The molecule has 13 heteroatoms. The van der Waals surface area contributed by atoms with Gasteiger partial charge in [0.05, 0.1) is 11.7 Å². The number of aromatic nitrogens is 4. The maximum atomic E-state index is 13.0. The normalized spacial score (nSPS) is 11.6. The topological polar surface area (TPSA) is 133 Å². The predicted octanol–water partition coefficient (Wildman–Crippen LogP) is 3.03. The largest absolute Gasteiger partial charge is 0.433 e. The fourth-order valence-corrected chi connectivity index (χ4v) is 3.90. The number of hydrogen-bond acceptors (Lipinski definition) is 7. The van der Waals surface area contributed by atoms with Gasteiger partial charge < -0.3 is 19.8 Å². The summed E-state index contributed by atoms with van der Waals surface area (Å²) < 4.78 is 38.3. The zero-order valence-corrected chi connectivity index (χ0v) is 20.8. The van der Waals surface area contributed by atoms with Crippen molar-refractivity contribution < 1.29 is 27.5 Å². The molecule has 0 saturated carbocycles. The fourth-order valence-electron chi connectivity index (χ4n) is 3.90. The van der Waals surface area contributed by atoms with E-state index in [2.05, 4.69) is 25.5 Å². The molecule has 0 spiro atoms. The van der Waals surface area contributed by atoms with E-state index in [4.69, 9.17) is 4.42 Å². The number of carbonyl (C=O) groups is 2. The van der Waals surface area contributed by atoms with Gasteiger partial charge in [0.15, 0.2) is 11.2 Å². The van der Waals surface area contributed by atoms with Gasteiger partial charge in [-0.05, 0) is 35.4 Å². The van der Waals surface area contributed by atoms with Crippen molar-refractivity contribution in [2.24, 2.45) is 7.05 Å². The van der Waals surface area contributed by atoms with Crippen molar-refractivity contribution in [1.29, 1.82) is 0 Å². The van der Waals surface area contributed by atoms with Crippen molar-refractivity contribution in [1.82, 2.24) is 29.8 Å². The van der Waals surface area contributed by atoms with Crippen LogP contribution < -0.4 is 21.1 Å². The van der Waals surface area contributed by atoms with Crippen LogP contribution in [0.3, 0.4) is 0 Å². The van der Waals surface area contributed by atoms with Gasteiger partial charge in [-0.3, -0.25) is 14.2 Å². The highest BCUT2D eigenvalue weighted by molar-refractivity contribution is 5.98. The van der Waals surface area contributed by atoms with Crippen LogP contribution in [0.4, 0.5) is 8.78 Å². The SMILES string of the molecule is Cn1c(=O)oc2ccc(CNC(=O)c3cc(C(=O)NCc4ccc(OC(C)(F)F)cc4)n4nccc4n3)cc21. The molecule has 0 saturated heterocycles. The van der Waals surface area contributed by atoms with E-state index in [0.717, 1.165) is 5.56 Å². The van der Waals surface area contributed by atoms with Crippen molar-refractivity contribution in [3.63, 3.8) is 0 Å². The third-order valence-corrected chi connectivity index (χ3v) is 5.81. The van der Waals surface area contributed by atoms with Gasteiger partial charge >= 0.3 is 11.9 Å². The number of nitrogens with zero attached hydrogens (tertiary/aromatic N) is 4. The Bertz CT molecular complexity index is 1750. The number of ether oxygens (including phenoxy) is 1. The number of aryl methyl sites for hydroxylation is 1. The lowest BCUT2D eigenvalue weighted by molar-refractivity contribution is -0.158. The number of oxazole rings is 1. The highest BCUT2D eigenvalue weighted by Gasteiger charge is 2.23. The maximum Gasteiger partial charge on any atom is 0.419 e. The standard InChI is InChI=1S/C26H22F2N6O5/c1-26(27,28)39-17-6-3-15(4-7-17)13-30-24(36)20-12-18(32-22-9-10-31-34(20)22)23(35)29-14-16-5-8-21-19(11-16)33(2)25(37)38-21/h3-12H,13-14H2,1-2H3,(H,29,35)(H,30,36). The Morgan fingerprint density at radius 1 is 1.00 bits per heavy atom. The molecule has 0 fully saturated rings. The summed E-state index contributed by atoms with van der Waals surface area (Å²) in [5.74, 6) is -1.53. The first-order valence-corrected chi connectivity index (χ1v) is 11.7. The van der Waals surface area contributed by atoms with Gasteiger partial charge in [-0.2, -0.15) is 13.9 Å². The average Bonchev–Trinajstić information content (AvgIpc) is 3.49. The lowest BCUT2D eigenvalue weighted by atomic mass is 10.2. The number of fused-ring (bicyclic) bond motifs is 2. The van der Waals surface area contributed by atoms with Gasteiger partial charge in [-0.1, -0.05) is 18.2 Å². The molecule has 5 rings (SSSR count). The Morgan fingerprint density at radius 2 is 1.69 bits per heavy atom. The Balaban J connectivity index is 1.29. The number of nitrogens with one attached hydrogen (secondary N) is 2. The molecule has 3 aromatic heterocycles. The molecule has 11 nitrogen and oxygen atoms in total. The summed E-state index contributed by atoms with van der Waals surface area (Å²) in [5, 5.41) is 9.60. The minimum atomic E-state index is -3.30. The third-order valence-electron chi connectivity index (χ3n) is 5.81. The molecule has 0 bridgehead atoms. The molecule has 0 aliphatic carbocycles. The van der Waals surface area contributed by atoms with E-state index in [-0.39, 0.29) is 30.2 Å². The van der Waals surface area contributed by atoms with E-state index in [1.54, 1.807) is 43.4 Å². The van der Waals surface area contributed by atoms with Gasteiger partial charge in [-0.25, -0.2) is 14.3 Å². The number of rotatable bonds is 8. The molecule has 39 heavy (non-hydrogen) atoms. The van der Waals surface area contributed by atoms with Crippen molar-refractivity contribution in [2.75, 3.05) is 0 Å². The molecule has 200 valence electrons. The number of benzene rings is 2. The second-order valence-electron chi connectivity index (χ2n) is 8.78. The minimum Gasteiger partial charge on any atom is -0.433 e. The molecule has 2 amide bonds. The molecule has 3 heterocycles. The Morgan fingerprint density at radius 3 is 2.44 bits per heavy atom. The summed E-state index contributed by atoms with van der Waals surface area (Å²) >= 11 is 0. The van der Waals surface area contributed by atoms with Crippen molar-refractivity contribution >= 4 is 28.6 Å². The minimum absolute atomic E-state index is 0.00524. The van der Waals surface area contributed by atoms with Gasteiger partial charge in [0.1, 0.15) is 17.1 Å². The number of carbonyl (C=O) groups excluding carboxylic acids is 2. The highest BCUT2D eigenvalue weighted by Crippen LogP contribution is 2.21. The lowest BCUT2D eigenvalue weighted by Crippen LogP contribution is -2.28. The van der Waals surface area contributed by atoms with Crippen LogP contribution in [0, 0.1) is 0 Å². The Hall–Kier alpha value is -5.07. The molecule has 5 aromatic rings. The molecule has 0 aliphatic rings. The lowest BCUT2D eigenvalue weighted by Gasteiger charge is -2.13. The summed E-state index contributed by atoms with van der Waals surface area (Å²) in [5.41, 5.74) is 2.79. The van der Waals surface area contributed by atoms with E-state index in [1.165, 1.54) is 33.5 Å². The zero-order valence-electron chi connectivity index (χ0n) is 20.8. The first kappa shape index (κ1) is 25.6. The molecule has 2 N–H and O–H groups in total. The molecule has 0 aliphatic heterocycles. The van der Waals surface area contributed by atoms with E-state index in [1.807, 2.05) is 0 Å². The quantitative estimate of drug-likeness (QED) is 0.312. The smallest absolute Gasteiger partial charge is 0.419 e. The van der Waals surface area contributed by atoms with Crippen LogP contribution in [-0.4, -0.2) is 37.1 Å². The van der Waals surface area contributed by atoms with Crippen LogP contribution >= 0.6 is 0 Å². The van der Waals surface area contributed by atoms with Crippen LogP contribution in [0.15, 0.2) is 70.0 Å². The van der Waals surface area contributed by atoms with Crippen LogP contribution in [0.1, 0.15) is 39.0 Å². The van der Waals surface area contributed by atoms with Crippen molar-refractivity contribution in [3.8, 4) is 5.75 Å². The number of alkyl halides is 2. The molecular weight excluding hydrogens is 514 g/mol. The molecular formula is C26H22F2N6O5.